The minimum Gasteiger partial charge on any atom is -0.347 e. The number of aromatic nitrogens is 1. The fourth-order valence-corrected chi connectivity index (χ4v) is 5.01. The molecular weight excluding hydrogens is 278 g/mol. The number of fused-ring (bicyclic) bond motifs is 1. The molecular formula is C18H17NOS. The van der Waals surface area contributed by atoms with Gasteiger partial charge in [-0.3, -0.25) is 4.98 Å². The topological polar surface area (TPSA) is 22.1 Å². The molecule has 1 aromatic carbocycles. The van der Waals surface area contributed by atoms with Crippen LogP contribution in [0.1, 0.15) is 25.0 Å². The first kappa shape index (κ1) is 13.1. The van der Waals surface area contributed by atoms with E-state index < -0.39 is 0 Å². The molecule has 1 aromatic heterocycles. The lowest BCUT2D eigenvalue weighted by molar-refractivity contribution is -0.238. The second-order valence-corrected chi connectivity index (χ2v) is 7.47. The number of rotatable bonds is 2. The normalized spacial score (nSPS) is 34.0. The zero-order valence-electron chi connectivity index (χ0n) is 12.1. The van der Waals surface area contributed by atoms with Gasteiger partial charge in [0.25, 0.3) is 0 Å². The summed E-state index contributed by atoms with van der Waals surface area (Å²) in [5.41, 5.74) is 2.01. The van der Waals surface area contributed by atoms with E-state index in [1.54, 1.807) is 0 Å². The van der Waals surface area contributed by atoms with Crippen LogP contribution in [0.15, 0.2) is 65.8 Å². The lowest BCUT2D eigenvalue weighted by atomic mass is 9.68. The monoisotopic (exact) mass is 295 g/mol. The smallest absolute Gasteiger partial charge is 0.130 e. The molecule has 3 atom stereocenters. The largest absolute Gasteiger partial charge is 0.347 e. The van der Waals surface area contributed by atoms with Gasteiger partial charge in [-0.15, -0.1) is 0 Å². The van der Waals surface area contributed by atoms with Crippen molar-refractivity contribution in [3.63, 3.8) is 0 Å². The zero-order valence-corrected chi connectivity index (χ0v) is 12.9. The van der Waals surface area contributed by atoms with Crippen LogP contribution in [-0.4, -0.2) is 9.92 Å². The first-order chi connectivity index (χ1) is 10.2. The molecule has 2 nitrogen and oxygen atoms in total. The number of allylic oxidation sites excluding steroid dienone is 1. The summed E-state index contributed by atoms with van der Waals surface area (Å²) >= 11 is 1.83. The number of ether oxygens (including phenoxy) is 1. The highest BCUT2D eigenvalue weighted by molar-refractivity contribution is 8.04. The maximum atomic E-state index is 6.56. The average molecular weight is 295 g/mol. The van der Waals surface area contributed by atoms with Gasteiger partial charge in [0.05, 0.1) is 5.92 Å². The Hall–Kier alpha value is -1.58. The van der Waals surface area contributed by atoms with Gasteiger partial charge < -0.3 is 4.74 Å². The van der Waals surface area contributed by atoms with Crippen LogP contribution in [0.25, 0.3) is 0 Å². The van der Waals surface area contributed by atoms with Crippen LogP contribution in [0.3, 0.4) is 0 Å². The van der Waals surface area contributed by atoms with Crippen molar-refractivity contribution in [2.45, 2.75) is 24.4 Å². The molecule has 0 unspecified atom stereocenters. The Morgan fingerprint density at radius 3 is 2.38 bits per heavy atom. The summed E-state index contributed by atoms with van der Waals surface area (Å²) in [4.78, 5) is 5.34. The van der Waals surface area contributed by atoms with E-state index in [0.29, 0.717) is 5.92 Å². The highest BCUT2D eigenvalue weighted by Crippen LogP contribution is 2.66. The first-order valence-corrected chi connectivity index (χ1v) is 8.00. The molecule has 21 heavy (non-hydrogen) atoms. The highest BCUT2D eigenvalue weighted by Gasteiger charge is 2.66. The molecule has 0 radical (unpaired) electrons. The van der Waals surface area contributed by atoms with E-state index in [-0.39, 0.29) is 10.5 Å². The minimum atomic E-state index is -0.385. The summed E-state index contributed by atoms with van der Waals surface area (Å²) in [5.74, 6) is 0.347. The molecule has 4 rings (SSSR count). The summed E-state index contributed by atoms with van der Waals surface area (Å²) in [5, 5.41) is 0. The second kappa shape index (κ2) is 4.46. The number of hydrogen-bond acceptors (Lipinski definition) is 3. The fourth-order valence-electron chi connectivity index (χ4n) is 3.63. The molecule has 3 heteroatoms. The summed E-state index contributed by atoms with van der Waals surface area (Å²) in [6.07, 6.45) is 6.05. The number of nitrogens with zero attached hydrogens (tertiary/aromatic N) is 1. The van der Waals surface area contributed by atoms with Crippen LogP contribution < -0.4 is 0 Å². The second-order valence-electron chi connectivity index (χ2n) is 5.81. The fraction of sp³-hybridized carbons (Fsp3) is 0.278. The first-order valence-electron chi connectivity index (χ1n) is 7.19. The van der Waals surface area contributed by atoms with Gasteiger partial charge in [0.15, 0.2) is 0 Å². The van der Waals surface area contributed by atoms with Gasteiger partial charge in [0.2, 0.25) is 0 Å². The van der Waals surface area contributed by atoms with E-state index in [0.717, 1.165) is 0 Å². The maximum absolute atomic E-state index is 6.56. The number of thioether (sulfide) groups is 1. The van der Waals surface area contributed by atoms with Gasteiger partial charge >= 0.3 is 0 Å². The van der Waals surface area contributed by atoms with Crippen molar-refractivity contribution in [2.75, 3.05) is 0 Å². The Bertz CT molecular complexity index is 658. The van der Waals surface area contributed by atoms with Crippen molar-refractivity contribution >= 4 is 11.8 Å². The third-order valence-electron chi connectivity index (χ3n) is 4.44. The third kappa shape index (κ3) is 1.74. The summed E-state index contributed by atoms with van der Waals surface area (Å²) in [7, 11) is 0. The lowest BCUT2D eigenvalue weighted by Crippen LogP contribution is -2.61. The van der Waals surface area contributed by atoms with Gasteiger partial charge in [0, 0.05) is 12.4 Å². The predicted molar refractivity (Wildman–Crippen MR) is 85.8 cm³/mol. The van der Waals surface area contributed by atoms with Crippen LogP contribution in [0, 0.1) is 5.92 Å². The molecule has 0 aliphatic carbocycles. The van der Waals surface area contributed by atoms with E-state index in [2.05, 4.69) is 61.3 Å². The average Bonchev–Trinajstić information content (AvgIpc) is 2.75. The van der Waals surface area contributed by atoms with Crippen LogP contribution in [0.4, 0.5) is 0 Å². The Morgan fingerprint density at radius 1 is 1.05 bits per heavy atom. The molecule has 0 N–H and O–H groups in total. The summed E-state index contributed by atoms with van der Waals surface area (Å²) in [6.45, 7) is 4.36. The molecule has 2 aromatic rings. The van der Waals surface area contributed by atoms with Gasteiger partial charge in [-0.05, 0) is 42.0 Å². The molecule has 0 saturated carbocycles. The van der Waals surface area contributed by atoms with Crippen LogP contribution in [0.2, 0.25) is 0 Å². The van der Waals surface area contributed by atoms with Crippen molar-refractivity contribution in [1.82, 2.24) is 4.98 Å². The molecule has 2 aliphatic heterocycles. The maximum Gasteiger partial charge on any atom is 0.130 e. The Kier molecular flexibility index (Phi) is 2.78. The summed E-state index contributed by atoms with van der Waals surface area (Å²) < 4.78 is 6.56. The van der Waals surface area contributed by atoms with E-state index >= 15 is 0 Å². The van der Waals surface area contributed by atoms with E-state index in [4.69, 9.17) is 4.74 Å². The predicted octanol–water partition coefficient (Wildman–Crippen LogP) is 4.34. The molecule has 0 bridgehead atoms. The molecule has 1 saturated heterocycles. The van der Waals surface area contributed by atoms with Crippen molar-refractivity contribution in [3.05, 3.63) is 77.0 Å². The van der Waals surface area contributed by atoms with Gasteiger partial charge in [0.1, 0.15) is 10.5 Å². The number of benzene rings is 1. The van der Waals surface area contributed by atoms with Crippen molar-refractivity contribution in [1.29, 1.82) is 0 Å². The van der Waals surface area contributed by atoms with Gasteiger partial charge in [-0.25, -0.2) is 0 Å². The van der Waals surface area contributed by atoms with Gasteiger partial charge in [-0.2, -0.15) is 0 Å². The minimum absolute atomic E-state index is 0.150. The summed E-state index contributed by atoms with van der Waals surface area (Å²) in [6, 6.07) is 14.7. The van der Waals surface area contributed by atoms with E-state index in [9.17, 15) is 0 Å². The van der Waals surface area contributed by atoms with Crippen LogP contribution in [0.5, 0.6) is 0 Å². The highest BCUT2D eigenvalue weighted by atomic mass is 32.2. The molecule has 2 aliphatic rings. The SMILES string of the molecule is CC1=C[C@H]2[C@](c3ccccc3)(c3ccncc3)O[C@@]2(C)S1. The quantitative estimate of drug-likeness (QED) is 0.823. The third-order valence-corrected chi connectivity index (χ3v) is 5.64. The standard InChI is InChI=1S/C18H17NOS/c1-13-12-16-17(2,21-13)20-18(16,14-6-4-3-5-7-14)15-8-10-19-11-9-15/h3-12,16H,1-2H3/t16-,17+,18+/m1/s1. The Labute approximate surface area is 129 Å². The van der Waals surface area contributed by atoms with Crippen LogP contribution in [-0.2, 0) is 10.3 Å². The lowest BCUT2D eigenvalue weighted by Gasteiger charge is -2.58. The number of pyridine rings is 1. The van der Waals surface area contributed by atoms with Crippen molar-refractivity contribution in [3.8, 4) is 0 Å². The molecule has 0 spiro atoms. The van der Waals surface area contributed by atoms with Gasteiger partial charge in [-0.1, -0.05) is 48.2 Å². The number of hydrogen-bond donors (Lipinski definition) is 0. The Morgan fingerprint density at radius 2 is 1.71 bits per heavy atom. The molecule has 0 amide bonds. The van der Waals surface area contributed by atoms with Crippen molar-refractivity contribution < 1.29 is 4.74 Å². The molecule has 1 fully saturated rings. The molecule has 3 heterocycles. The van der Waals surface area contributed by atoms with Crippen molar-refractivity contribution in [2.24, 2.45) is 5.92 Å². The molecule has 106 valence electrons. The van der Waals surface area contributed by atoms with E-state index in [1.807, 2.05) is 30.2 Å². The zero-order chi connectivity index (χ0) is 14.5. The van der Waals surface area contributed by atoms with E-state index in [1.165, 1.54) is 16.0 Å². The Balaban J connectivity index is 1.90. The van der Waals surface area contributed by atoms with Crippen LogP contribution >= 0.6 is 11.8 Å².